The van der Waals surface area contributed by atoms with Gasteiger partial charge in [0.05, 0.1) is 7.11 Å². The lowest BCUT2D eigenvalue weighted by Gasteiger charge is -2.18. The molecule has 0 aliphatic rings. The molecule has 1 rings (SSSR count). The molecule has 1 aromatic carbocycles. The molecule has 1 unspecified atom stereocenters. The first-order valence-corrected chi connectivity index (χ1v) is 6.57. The average molecular weight is 272 g/mol. The highest BCUT2D eigenvalue weighted by molar-refractivity contribution is 6.30. The van der Waals surface area contributed by atoms with Gasteiger partial charge in [0.25, 0.3) is 0 Å². The van der Waals surface area contributed by atoms with Crippen molar-refractivity contribution in [1.29, 1.82) is 0 Å². The summed E-state index contributed by atoms with van der Waals surface area (Å²) >= 11 is 6.03. The third-order valence-corrected chi connectivity index (χ3v) is 3.25. The Kier molecular flexibility index (Phi) is 7.09. The van der Waals surface area contributed by atoms with E-state index in [1.54, 1.807) is 14.2 Å². The van der Waals surface area contributed by atoms with Gasteiger partial charge in [-0.1, -0.05) is 11.6 Å². The number of hydrogen-bond acceptors (Lipinski definition) is 3. The first-order valence-electron chi connectivity index (χ1n) is 6.20. The number of benzene rings is 1. The van der Waals surface area contributed by atoms with Crippen LogP contribution in [0.25, 0.3) is 0 Å². The van der Waals surface area contributed by atoms with Crippen LogP contribution < -0.4 is 10.1 Å². The van der Waals surface area contributed by atoms with Crippen LogP contribution >= 0.6 is 11.6 Å². The lowest BCUT2D eigenvalue weighted by atomic mass is 10.0. The molecule has 0 heterocycles. The molecule has 0 aliphatic heterocycles. The Labute approximate surface area is 114 Å². The first kappa shape index (κ1) is 15.3. The minimum Gasteiger partial charge on any atom is -0.496 e. The van der Waals surface area contributed by atoms with Crippen LogP contribution in [0.1, 0.15) is 18.4 Å². The van der Waals surface area contributed by atoms with E-state index in [9.17, 15) is 0 Å². The summed E-state index contributed by atoms with van der Waals surface area (Å²) in [6, 6.07) is 6.15. The van der Waals surface area contributed by atoms with E-state index < -0.39 is 0 Å². The van der Waals surface area contributed by atoms with Gasteiger partial charge in [0.1, 0.15) is 5.75 Å². The maximum Gasteiger partial charge on any atom is 0.122 e. The molecule has 0 radical (unpaired) electrons. The van der Waals surface area contributed by atoms with Crippen molar-refractivity contribution in [1.82, 2.24) is 5.32 Å². The van der Waals surface area contributed by atoms with E-state index in [1.807, 2.05) is 25.2 Å². The Morgan fingerprint density at radius 3 is 2.72 bits per heavy atom. The van der Waals surface area contributed by atoms with Gasteiger partial charge in [-0.25, -0.2) is 0 Å². The topological polar surface area (TPSA) is 30.5 Å². The van der Waals surface area contributed by atoms with Crippen molar-refractivity contribution in [2.75, 3.05) is 27.9 Å². The number of ether oxygens (including phenoxy) is 2. The van der Waals surface area contributed by atoms with Crippen LogP contribution in [0.3, 0.4) is 0 Å². The van der Waals surface area contributed by atoms with Crippen LogP contribution in [0.5, 0.6) is 5.75 Å². The Bertz CT molecular complexity index is 358. The van der Waals surface area contributed by atoms with E-state index in [4.69, 9.17) is 21.1 Å². The molecule has 0 saturated heterocycles. The SMILES string of the molecule is CNC(CCCOC)Cc1cc(Cl)ccc1OC. The van der Waals surface area contributed by atoms with E-state index in [2.05, 4.69) is 5.32 Å². The fourth-order valence-corrected chi connectivity index (χ4v) is 2.19. The lowest BCUT2D eigenvalue weighted by Crippen LogP contribution is -2.28. The highest BCUT2D eigenvalue weighted by atomic mass is 35.5. The van der Waals surface area contributed by atoms with Crippen molar-refractivity contribution < 1.29 is 9.47 Å². The molecule has 18 heavy (non-hydrogen) atoms. The molecule has 102 valence electrons. The highest BCUT2D eigenvalue weighted by Gasteiger charge is 2.11. The number of methoxy groups -OCH3 is 2. The molecular formula is C14H22ClNO2. The Balaban J connectivity index is 2.65. The summed E-state index contributed by atoms with van der Waals surface area (Å²) in [5, 5.41) is 4.07. The molecule has 1 N–H and O–H groups in total. The standard InChI is InChI=1S/C14H22ClNO2/c1-16-13(5-4-8-17-2)10-11-9-12(15)6-7-14(11)18-3/h6-7,9,13,16H,4-5,8,10H2,1-3H3. The minimum absolute atomic E-state index is 0.410. The largest absolute Gasteiger partial charge is 0.496 e. The Morgan fingerprint density at radius 2 is 2.11 bits per heavy atom. The summed E-state index contributed by atoms with van der Waals surface area (Å²) < 4.78 is 10.4. The van der Waals surface area contributed by atoms with Crippen molar-refractivity contribution in [3.05, 3.63) is 28.8 Å². The second-order valence-electron chi connectivity index (χ2n) is 4.28. The number of likely N-dealkylation sites (N-methyl/N-ethyl adjacent to an activating group) is 1. The van der Waals surface area contributed by atoms with Gasteiger partial charge < -0.3 is 14.8 Å². The Morgan fingerprint density at radius 1 is 1.33 bits per heavy atom. The maximum absolute atomic E-state index is 6.03. The minimum atomic E-state index is 0.410. The second kappa shape index (κ2) is 8.35. The van der Waals surface area contributed by atoms with Crippen LogP contribution in [0.4, 0.5) is 0 Å². The quantitative estimate of drug-likeness (QED) is 0.738. The van der Waals surface area contributed by atoms with Crippen molar-refractivity contribution in [3.63, 3.8) is 0 Å². The molecule has 1 atom stereocenters. The molecule has 0 spiro atoms. The lowest BCUT2D eigenvalue weighted by molar-refractivity contribution is 0.189. The summed E-state index contributed by atoms with van der Waals surface area (Å²) in [5.74, 6) is 0.895. The molecule has 3 nitrogen and oxygen atoms in total. The number of rotatable bonds is 8. The van der Waals surface area contributed by atoms with Crippen LogP contribution in [0.15, 0.2) is 18.2 Å². The average Bonchev–Trinajstić information content (AvgIpc) is 2.38. The number of halogens is 1. The van der Waals surface area contributed by atoms with Gasteiger partial charge in [-0.15, -0.1) is 0 Å². The van der Waals surface area contributed by atoms with Crippen LogP contribution in [-0.4, -0.2) is 33.9 Å². The van der Waals surface area contributed by atoms with E-state index in [0.717, 1.165) is 42.2 Å². The van der Waals surface area contributed by atoms with Gasteiger partial charge in [-0.2, -0.15) is 0 Å². The third kappa shape index (κ3) is 4.84. The van der Waals surface area contributed by atoms with Gasteiger partial charge in [0, 0.05) is 24.8 Å². The van der Waals surface area contributed by atoms with Gasteiger partial charge in [-0.05, 0) is 50.1 Å². The summed E-state index contributed by atoms with van der Waals surface area (Å²) in [5.41, 5.74) is 1.14. The predicted octanol–water partition coefficient (Wildman–Crippen LogP) is 2.91. The summed E-state index contributed by atoms with van der Waals surface area (Å²) in [7, 11) is 5.40. The van der Waals surface area contributed by atoms with Crippen molar-refractivity contribution in [2.45, 2.75) is 25.3 Å². The fraction of sp³-hybridized carbons (Fsp3) is 0.571. The molecule has 0 amide bonds. The Hall–Kier alpha value is -0.770. The molecular weight excluding hydrogens is 250 g/mol. The normalized spacial score (nSPS) is 12.4. The van der Waals surface area contributed by atoms with Crippen LogP contribution in [0.2, 0.25) is 5.02 Å². The van der Waals surface area contributed by atoms with Gasteiger partial charge >= 0.3 is 0 Å². The monoisotopic (exact) mass is 271 g/mol. The third-order valence-electron chi connectivity index (χ3n) is 3.02. The van der Waals surface area contributed by atoms with Gasteiger partial charge in [-0.3, -0.25) is 0 Å². The van der Waals surface area contributed by atoms with Crippen molar-refractivity contribution in [2.24, 2.45) is 0 Å². The molecule has 0 aromatic heterocycles. The predicted molar refractivity (Wildman–Crippen MR) is 75.7 cm³/mol. The smallest absolute Gasteiger partial charge is 0.122 e. The van der Waals surface area contributed by atoms with E-state index in [0.29, 0.717) is 6.04 Å². The van der Waals surface area contributed by atoms with E-state index in [1.165, 1.54) is 0 Å². The summed E-state index contributed by atoms with van der Waals surface area (Å²) in [6.07, 6.45) is 3.02. The van der Waals surface area contributed by atoms with Crippen LogP contribution in [-0.2, 0) is 11.2 Å². The zero-order valence-corrected chi connectivity index (χ0v) is 12.1. The zero-order chi connectivity index (χ0) is 13.4. The van der Waals surface area contributed by atoms with E-state index >= 15 is 0 Å². The fourth-order valence-electron chi connectivity index (χ4n) is 1.99. The zero-order valence-electron chi connectivity index (χ0n) is 11.3. The van der Waals surface area contributed by atoms with Gasteiger partial charge in [0.15, 0.2) is 0 Å². The first-order chi connectivity index (χ1) is 8.71. The van der Waals surface area contributed by atoms with E-state index in [-0.39, 0.29) is 0 Å². The van der Waals surface area contributed by atoms with Crippen molar-refractivity contribution in [3.8, 4) is 5.75 Å². The van der Waals surface area contributed by atoms with Gasteiger partial charge in [0.2, 0.25) is 0 Å². The van der Waals surface area contributed by atoms with Crippen LogP contribution in [0, 0.1) is 0 Å². The molecule has 0 fully saturated rings. The molecule has 0 aliphatic carbocycles. The molecule has 1 aromatic rings. The maximum atomic E-state index is 6.03. The second-order valence-corrected chi connectivity index (χ2v) is 4.72. The molecule has 4 heteroatoms. The number of nitrogens with one attached hydrogen (secondary N) is 1. The molecule has 0 saturated carbocycles. The summed E-state index contributed by atoms with van der Waals surface area (Å²) in [4.78, 5) is 0. The highest BCUT2D eigenvalue weighted by Crippen LogP contribution is 2.24. The molecule has 0 bridgehead atoms. The summed E-state index contributed by atoms with van der Waals surface area (Å²) in [6.45, 7) is 0.796. The number of hydrogen-bond donors (Lipinski definition) is 1. The van der Waals surface area contributed by atoms with Crippen molar-refractivity contribution >= 4 is 11.6 Å².